The second-order valence-corrected chi connectivity index (χ2v) is 5.63. The Balaban J connectivity index is -0.00000000677. The van der Waals surface area contributed by atoms with Crippen LogP contribution in [0.25, 0.3) is 0 Å². The summed E-state index contributed by atoms with van der Waals surface area (Å²) in [5, 5.41) is 0. The van der Waals surface area contributed by atoms with Crippen molar-refractivity contribution in [3.8, 4) is 0 Å². The molecule has 0 saturated heterocycles. The third-order valence-corrected chi connectivity index (χ3v) is 0. The quantitative estimate of drug-likeness (QED) is 0.203. The predicted molar refractivity (Wildman–Crippen MR) is 39.5 cm³/mol. The van der Waals surface area contributed by atoms with E-state index in [1.165, 1.54) is 0 Å². The fourth-order valence-corrected chi connectivity index (χ4v) is 0. The van der Waals surface area contributed by atoms with E-state index in [2.05, 4.69) is 0 Å². The van der Waals surface area contributed by atoms with Crippen LogP contribution < -0.4 is 157 Å². The zero-order valence-electron chi connectivity index (χ0n) is 17.0. The van der Waals surface area contributed by atoms with Crippen molar-refractivity contribution in [2.24, 2.45) is 0 Å². The van der Waals surface area contributed by atoms with Crippen LogP contribution in [0, 0.1) is 20.5 Å². The molecule has 0 bridgehead atoms. The molecule has 16 nitrogen and oxygen atoms in total. The topological polar surface area (TPSA) is 345 Å². The first-order chi connectivity index (χ1) is 8.00. The molecule has 0 saturated carbocycles. The SMILES string of the molecule is [B].[B].[B].[Ba+2].[Ba+2].[Ba+2].[H-].[H-].[K+].[K+].[O-][Cl+3]([O-])([O-])[O-].[O-][Cl+3]([O-])([O-])[O-].[O]=[Cr](=[O])([O-])[O-].[O]=[Cr](=[O])([O-])[O-].[Ti].[Ti]. The van der Waals surface area contributed by atoms with E-state index in [1.54, 1.807) is 0 Å². The van der Waals surface area contributed by atoms with Gasteiger partial charge in [-0.05, 0) is 0 Å². The minimum atomic E-state index is -5.75. The summed E-state index contributed by atoms with van der Waals surface area (Å²) in [5.41, 5.74) is 0. The van der Waals surface area contributed by atoms with Crippen LogP contribution in [0.3, 0.4) is 0 Å². The molecule has 0 amide bonds. The molecule has 0 aliphatic rings. The number of hydrogen-bond acceptors (Lipinski definition) is 16. The molecular formula is H2B3Ba3Cl2Cr2K2O16Ti2. The fraction of sp³-hybridized carbons (Fsp3) is 0. The number of hydrogen-bond donors (Lipinski definition) is 0. The van der Waals surface area contributed by atoms with E-state index in [4.69, 9.17) is 69.1 Å². The van der Waals surface area contributed by atoms with Crippen LogP contribution in [0.2, 0.25) is 0 Å². The minimum absolute atomic E-state index is 0. The molecule has 0 rings (SSSR count). The molecule has 0 aromatic rings. The summed E-state index contributed by atoms with van der Waals surface area (Å²) in [6.45, 7) is 0. The van der Waals surface area contributed by atoms with Crippen LogP contribution in [0.1, 0.15) is 2.85 Å². The normalized spacial score (nSPS) is 7.87. The molecule has 30 heavy (non-hydrogen) atoms. The molecule has 0 fully saturated rings. The first kappa shape index (κ1) is 90.0. The first-order valence-corrected chi connectivity index (χ1v) is 9.20. The van der Waals surface area contributed by atoms with Gasteiger partial charge in [0.25, 0.3) is 0 Å². The summed E-state index contributed by atoms with van der Waals surface area (Å²) in [5.74, 6) is 0. The Morgan fingerprint density at radius 2 is 0.467 bits per heavy atom. The number of halogens is 2. The molecular weight excluding hydrogens is 1050 g/mol. The molecule has 0 atom stereocenters. The molecule has 0 aliphatic heterocycles. The van der Waals surface area contributed by atoms with Crippen molar-refractivity contribution in [3.63, 3.8) is 0 Å². The van der Waals surface area contributed by atoms with Crippen molar-refractivity contribution in [1.82, 2.24) is 0 Å². The van der Waals surface area contributed by atoms with Crippen LogP contribution in [0.15, 0.2) is 0 Å². The fourth-order valence-electron chi connectivity index (χ4n) is 0. The zero-order valence-corrected chi connectivity index (χ0v) is 41.7. The molecule has 0 aromatic carbocycles. The van der Waals surface area contributed by atoms with Crippen molar-refractivity contribution in [2.75, 3.05) is 0 Å². The standard InChI is InChI=1S/3B.3Ba.2ClHO4.2Cr.2K.8O.2Ti.2H/c;;;;;;2*2-1(3,4)5;;;;;;;;;;;;;;;;/h;;;;;;2*(H,2,3,4,5);;;;;;;;;;;;;;;;/q;;;3*+2;;;;;2*+1;;;;;4*-1;;;2*-1/p-2. The van der Waals surface area contributed by atoms with E-state index in [-0.39, 0.29) is 321 Å². The molecule has 0 aliphatic carbocycles. The van der Waals surface area contributed by atoms with Crippen molar-refractivity contribution in [1.29, 1.82) is 0 Å². The maximum Gasteiger partial charge on any atom is 0 e. The van der Waals surface area contributed by atoms with Gasteiger partial charge in [0.2, 0.25) is 0 Å². The molecule has 0 unspecified atom stereocenters. The summed E-state index contributed by atoms with van der Waals surface area (Å²) in [6.07, 6.45) is 0. The van der Waals surface area contributed by atoms with E-state index < -0.39 is 47.7 Å². The van der Waals surface area contributed by atoms with E-state index >= 15 is 0 Å². The van der Waals surface area contributed by atoms with Crippen LogP contribution >= 0.6 is 0 Å². The summed E-state index contributed by atoms with van der Waals surface area (Å²) in [7, 11) is -9.89. The molecule has 9 radical (unpaired) electrons. The van der Waals surface area contributed by atoms with Gasteiger partial charge in [-0.1, -0.05) is 0 Å². The Bertz CT molecular complexity index is 388. The Kier molecular flexibility index (Phi) is 146. The Hall–Kier alpha value is 9.98. The second kappa shape index (κ2) is 48.7. The van der Waals surface area contributed by atoms with Crippen LogP contribution in [0.4, 0.5) is 0 Å². The van der Waals surface area contributed by atoms with Gasteiger partial charge in [-0.2, -0.15) is 0 Å². The maximum absolute atomic E-state index is 8.59. The third-order valence-electron chi connectivity index (χ3n) is 0. The summed E-state index contributed by atoms with van der Waals surface area (Å²) >= 11 is -11.5. The summed E-state index contributed by atoms with van der Waals surface area (Å²) in [4.78, 5) is 0. The summed E-state index contributed by atoms with van der Waals surface area (Å²) < 4.78 is 137. The van der Waals surface area contributed by atoms with Crippen molar-refractivity contribution in [3.05, 3.63) is 0 Å². The van der Waals surface area contributed by atoms with Gasteiger partial charge in [-0.3, -0.25) is 0 Å². The monoisotopic (exact) mass is 1050 g/mol. The Morgan fingerprint density at radius 3 is 0.467 bits per heavy atom. The Morgan fingerprint density at radius 1 is 0.467 bits per heavy atom. The average molecular weight is 1050 g/mol. The maximum atomic E-state index is 8.59. The first-order valence-electron chi connectivity index (χ1n) is 2.57. The third kappa shape index (κ3) is 522. The zero-order chi connectivity index (χ0) is 18.0. The van der Waals surface area contributed by atoms with E-state index in [0.717, 1.165) is 0 Å². The van der Waals surface area contributed by atoms with Crippen molar-refractivity contribution in [2.45, 2.75) is 0 Å². The van der Waals surface area contributed by atoms with Gasteiger partial charge >= 0.3 is 308 Å². The van der Waals surface area contributed by atoms with Gasteiger partial charge in [-0.15, -0.1) is 20.5 Å². The smallest absolute Gasteiger partial charge is 0 e. The predicted octanol–water partition coefficient (Wildman–Crippen LogP) is -22.8. The average Bonchev–Trinajstić information content (AvgIpc) is 1.62. The van der Waals surface area contributed by atoms with Crippen molar-refractivity contribution >= 4 is 172 Å². The number of rotatable bonds is 0. The van der Waals surface area contributed by atoms with Crippen LogP contribution in [0.5, 0.6) is 0 Å². The largest absolute Gasteiger partial charge is 0 e. The van der Waals surface area contributed by atoms with Crippen LogP contribution in [-0.2, 0) is 85.9 Å². The van der Waals surface area contributed by atoms with Gasteiger partial charge in [0, 0.05) is 68.7 Å². The van der Waals surface area contributed by atoms with E-state index in [0.29, 0.717) is 0 Å². The molecule has 0 aromatic heterocycles. The van der Waals surface area contributed by atoms with Crippen molar-refractivity contribution < 1.29 is 266 Å². The molecule has 149 valence electrons. The van der Waals surface area contributed by atoms with Gasteiger partial charge in [0.05, 0.1) is 0 Å². The van der Waals surface area contributed by atoms with Gasteiger partial charge in [-0.25, -0.2) is 37.3 Å². The molecule has 0 N–H and O–H groups in total. The van der Waals surface area contributed by atoms with Gasteiger partial charge < -0.3 is 2.85 Å². The summed E-state index contributed by atoms with van der Waals surface area (Å²) in [6, 6.07) is 0. The Labute approximate surface area is 424 Å². The molecule has 30 heteroatoms. The van der Waals surface area contributed by atoms with Gasteiger partial charge in [0.1, 0.15) is 0 Å². The van der Waals surface area contributed by atoms with Gasteiger partial charge in [0.15, 0.2) is 0 Å². The minimum Gasteiger partial charge on any atom is 0 e. The molecule has 0 heterocycles. The van der Waals surface area contributed by atoms with E-state index in [1.807, 2.05) is 0 Å². The molecule has 0 spiro atoms. The van der Waals surface area contributed by atoms with Crippen LogP contribution in [-0.4, -0.2) is 172 Å². The second-order valence-electron chi connectivity index (χ2n) is 1.57. The van der Waals surface area contributed by atoms with E-state index in [9.17, 15) is 0 Å².